The number of hydrogen-bond acceptors (Lipinski definition) is 8. The molecule has 3 aromatic heterocycles. The molecule has 3 aromatic rings. The van der Waals surface area contributed by atoms with E-state index < -0.39 is 0 Å². The van der Waals surface area contributed by atoms with Crippen LogP contribution in [0.1, 0.15) is 23.5 Å². The second-order valence-electron chi connectivity index (χ2n) is 6.56. The normalized spacial score (nSPS) is 19.8. The number of ether oxygens (including phenoxy) is 1. The topological polar surface area (TPSA) is 124 Å². The molecule has 3 N–H and O–H groups in total. The third kappa shape index (κ3) is 2.65. The molecule has 0 unspecified atom stereocenters. The highest BCUT2D eigenvalue weighted by Gasteiger charge is 2.33. The second kappa shape index (κ2) is 6.16. The average Bonchev–Trinajstić information content (AvgIpc) is 3.11. The molecular formula is C17H18N8O2. The lowest BCUT2D eigenvalue weighted by atomic mass is 9.87. The second-order valence-corrected chi connectivity index (χ2v) is 6.56. The fourth-order valence-corrected chi connectivity index (χ4v) is 3.65. The SMILES string of the molecule is Nc1nc(N2CCOCC2)nc2c1[C@H](c1cnn3cccnc13)CC(=O)N2. The molecule has 0 aliphatic carbocycles. The highest BCUT2D eigenvalue weighted by Crippen LogP contribution is 2.40. The molecule has 10 heteroatoms. The number of amides is 1. The maximum Gasteiger partial charge on any atom is 0.229 e. The number of hydrogen-bond donors (Lipinski definition) is 2. The van der Waals surface area contributed by atoms with Crippen LogP contribution in [0.4, 0.5) is 17.6 Å². The number of nitrogen functional groups attached to an aromatic ring is 1. The Bertz CT molecular complexity index is 1030. The van der Waals surface area contributed by atoms with Crippen LogP contribution in [0.2, 0.25) is 0 Å². The summed E-state index contributed by atoms with van der Waals surface area (Å²) in [5.41, 5.74) is 8.57. The largest absolute Gasteiger partial charge is 0.383 e. The van der Waals surface area contributed by atoms with Crippen molar-refractivity contribution in [1.29, 1.82) is 0 Å². The summed E-state index contributed by atoms with van der Waals surface area (Å²) >= 11 is 0. The summed E-state index contributed by atoms with van der Waals surface area (Å²) in [6.45, 7) is 2.61. The van der Waals surface area contributed by atoms with Gasteiger partial charge in [-0.25, -0.2) is 9.50 Å². The van der Waals surface area contributed by atoms with Crippen molar-refractivity contribution in [3.63, 3.8) is 0 Å². The molecule has 10 nitrogen and oxygen atoms in total. The van der Waals surface area contributed by atoms with E-state index in [1.807, 2.05) is 11.1 Å². The third-order valence-corrected chi connectivity index (χ3v) is 4.94. The van der Waals surface area contributed by atoms with E-state index in [1.54, 1.807) is 23.0 Å². The average molecular weight is 366 g/mol. The molecule has 5 rings (SSSR count). The quantitative estimate of drug-likeness (QED) is 0.668. The molecule has 0 bridgehead atoms. The van der Waals surface area contributed by atoms with Gasteiger partial charge in [-0.2, -0.15) is 15.1 Å². The maximum absolute atomic E-state index is 12.4. The van der Waals surface area contributed by atoms with Gasteiger partial charge in [-0.1, -0.05) is 0 Å². The van der Waals surface area contributed by atoms with Gasteiger partial charge in [-0.15, -0.1) is 0 Å². The molecule has 1 atom stereocenters. The number of carbonyl (C=O) groups excluding carboxylic acids is 1. The van der Waals surface area contributed by atoms with Crippen molar-refractivity contribution in [3.8, 4) is 0 Å². The van der Waals surface area contributed by atoms with Crippen molar-refractivity contribution in [2.24, 2.45) is 0 Å². The smallest absolute Gasteiger partial charge is 0.229 e. The Balaban J connectivity index is 1.61. The number of carbonyl (C=O) groups is 1. The number of nitrogens with two attached hydrogens (primary N) is 1. The molecule has 1 amide bonds. The highest BCUT2D eigenvalue weighted by molar-refractivity contribution is 5.95. The molecule has 2 aliphatic heterocycles. The third-order valence-electron chi connectivity index (χ3n) is 4.94. The first kappa shape index (κ1) is 15.9. The van der Waals surface area contributed by atoms with E-state index in [1.165, 1.54) is 0 Å². The van der Waals surface area contributed by atoms with Crippen LogP contribution in [0.15, 0.2) is 24.7 Å². The van der Waals surface area contributed by atoms with Crippen molar-refractivity contribution in [2.45, 2.75) is 12.3 Å². The van der Waals surface area contributed by atoms with E-state index in [0.717, 1.165) is 5.56 Å². The van der Waals surface area contributed by atoms with E-state index in [-0.39, 0.29) is 18.2 Å². The zero-order valence-electron chi connectivity index (χ0n) is 14.5. The summed E-state index contributed by atoms with van der Waals surface area (Å²) in [5.74, 6) is 0.921. The fourth-order valence-electron chi connectivity index (χ4n) is 3.65. The summed E-state index contributed by atoms with van der Waals surface area (Å²) < 4.78 is 7.05. The molecule has 5 heterocycles. The molecule has 138 valence electrons. The standard InChI is InChI=1S/C17H18N8O2/c18-14-13-10(11-9-20-25-3-1-2-19-16(11)25)8-12(26)21-15(13)23-17(22-14)24-4-6-27-7-5-24/h1-3,9-10H,4-8H2,(H3,18,21,22,23,26)/t10-/m0/s1. The Labute approximate surface area is 154 Å². The van der Waals surface area contributed by atoms with Gasteiger partial charge in [0.05, 0.1) is 19.4 Å². The van der Waals surface area contributed by atoms with Gasteiger partial charge in [0, 0.05) is 48.9 Å². The molecular weight excluding hydrogens is 348 g/mol. The number of rotatable bonds is 2. The number of anilines is 3. The maximum atomic E-state index is 12.4. The van der Waals surface area contributed by atoms with E-state index >= 15 is 0 Å². The van der Waals surface area contributed by atoms with Crippen LogP contribution in [-0.4, -0.2) is 56.8 Å². The Kier molecular flexibility index (Phi) is 3.64. The molecule has 1 saturated heterocycles. The van der Waals surface area contributed by atoms with E-state index in [9.17, 15) is 4.79 Å². The first-order valence-electron chi connectivity index (χ1n) is 8.79. The van der Waals surface area contributed by atoms with Crippen LogP contribution in [0.25, 0.3) is 5.65 Å². The number of morpholine rings is 1. The van der Waals surface area contributed by atoms with Crippen LogP contribution in [0, 0.1) is 0 Å². The fraction of sp³-hybridized carbons (Fsp3) is 0.353. The molecule has 0 saturated carbocycles. The number of nitrogens with zero attached hydrogens (tertiary/aromatic N) is 6. The predicted octanol–water partition coefficient (Wildman–Crippen LogP) is 0.412. The number of aromatic nitrogens is 5. The first-order chi connectivity index (χ1) is 13.2. The summed E-state index contributed by atoms with van der Waals surface area (Å²) in [6, 6.07) is 1.80. The van der Waals surface area contributed by atoms with Crippen LogP contribution >= 0.6 is 0 Å². The lowest BCUT2D eigenvalue weighted by Gasteiger charge is -2.30. The van der Waals surface area contributed by atoms with Gasteiger partial charge in [0.2, 0.25) is 11.9 Å². The zero-order chi connectivity index (χ0) is 18.4. The lowest BCUT2D eigenvalue weighted by Crippen LogP contribution is -2.38. The first-order valence-corrected chi connectivity index (χ1v) is 8.79. The summed E-state index contributed by atoms with van der Waals surface area (Å²) in [6.07, 6.45) is 5.49. The Morgan fingerprint density at radius 2 is 2.11 bits per heavy atom. The predicted molar refractivity (Wildman–Crippen MR) is 97.6 cm³/mol. The minimum atomic E-state index is -0.292. The van der Waals surface area contributed by atoms with Crippen LogP contribution in [0.3, 0.4) is 0 Å². The van der Waals surface area contributed by atoms with Crippen LogP contribution < -0.4 is 16.0 Å². The Hall–Kier alpha value is -3.27. The molecule has 1 fully saturated rings. The van der Waals surface area contributed by atoms with Crippen LogP contribution in [-0.2, 0) is 9.53 Å². The summed E-state index contributed by atoms with van der Waals surface area (Å²) in [5, 5.41) is 7.18. The molecule has 27 heavy (non-hydrogen) atoms. The lowest BCUT2D eigenvalue weighted by molar-refractivity contribution is -0.116. The van der Waals surface area contributed by atoms with E-state index in [2.05, 4.69) is 25.4 Å². The number of nitrogens with one attached hydrogen (secondary N) is 1. The minimum Gasteiger partial charge on any atom is -0.383 e. The number of fused-ring (bicyclic) bond motifs is 2. The van der Waals surface area contributed by atoms with Crippen LogP contribution in [0.5, 0.6) is 0 Å². The highest BCUT2D eigenvalue weighted by atomic mass is 16.5. The van der Waals surface area contributed by atoms with Gasteiger partial charge in [0.15, 0.2) is 5.65 Å². The zero-order valence-corrected chi connectivity index (χ0v) is 14.5. The Morgan fingerprint density at radius 1 is 1.26 bits per heavy atom. The molecule has 0 aromatic carbocycles. The van der Waals surface area contributed by atoms with Gasteiger partial charge >= 0.3 is 0 Å². The van der Waals surface area contributed by atoms with E-state index in [0.29, 0.717) is 55.1 Å². The molecule has 0 radical (unpaired) electrons. The van der Waals surface area contributed by atoms with Gasteiger partial charge in [0.25, 0.3) is 0 Å². The minimum absolute atomic E-state index is 0.117. The molecule has 2 aliphatic rings. The monoisotopic (exact) mass is 366 g/mol. The van der Waals surface area contributed by atoms with Crippen molar-refractivity contribution in [2.75, 3.05) is 42.3 Å². The summed E-state index contributed by atoms with van der Waals surface area (Å²) in [7, 11) is 0. The van der Waals surface area contributed by atoms with Gasteiger partial charge in [-0.3, -0.25) is 4.79 Å². The van der Waals surface area contributed by atoms with Crippen molar-refractivity contribution in [3.05, 3.63) is 35.8 Å². The van der Waals surface area contributed by atoms with E-state index in [4.69, 9.17) is 10.5 Å². The van der Waals surface area contributed by atoms with Gasteiger partial charge in [0.1, 0.15) is 11.6 Å². The van der Waals surface area contributed by atoms with Crippen molar-refractivity contribution in [1.82, 2.24) is 24.6 Å². The molecule has 0 spiro atoms. The van der Waals surface area contributed by atoms with Crippen molar-refractivity contribution < 1.29 is 9.53 Å². The Morgan fingerprint density at radius 3 is 2.96 bits per heavy atom. The summed E-state index contributed by atoms with van der Waals surface area (Å²) in [4.78, 5) is 27.9. The van der Waals surface area contributed by atoms with Crippen molar-refractivity contribution >= 4 is 29.1 Å². The van der Waals surface area contributed by atoms with Gasteiger partial charge < -0.3 is 20.7 Å². The van der Waals surface area contributed by atoms with Gasteiger partial charge in [-0.05, 0) is 6.07 Å².